The van der Waals surface area contributed by atoms with Crippen LogP contribution >= 0.6 is 11.6 Å². The molecule has 3 rings (SSSR count). The second-order valence-corrected chi connectivity index (χ2v) is 6.08. The number of aliphatic hydroxyl groups is 1. The SMILES string of the molecule is Cc1c(N=C2OC(C(F)(F)F)C3C(O)CCN23)ccc(C#N)c1Cl. The first-order valence-electron chi connectivity index (χ1n) is 7.20. The zero-order valence-electron chi connectivity index (χ0n) is 12.5. The number of ether oxygens (including phenoxy) is 1. The first kappa shape index (κ1) is 16.9. The summed E-state index contributed by atoms with van der Waals surface area (Å²) in [4.78, 5) is 5.48. The van der Waals surface area contributed by atoms with Gasteiger partial charge in [0, 0.05) is 6.54 Å². The first-order chi connectivity index (χ1) is 11.2. The van der Waals surface area contributed by atoms with E-state index < -0.39 is 24.4 Å². The Morgan fingerprint density at radius 3 is 2.79 bits per heavy atom. The summed E-state index contributed by atoms with van der Waals surface area (Å²) in [6, 6.07) is 3.48. The summed E-state index contributed by atoms with van der Waals surface area (Å²) in [7, 11) is 0. The quantitative estimate of drug-likeness (QED) is 0.837. The monoisotopic (exact) mass is 359 g/mol. The second-order valence-electron chi connectivity index (χ2n) is 5.70. The third-order valence-electron chi connectivity index (χ3n) is 4.23. The zero-order valence-corrected chi connectivity index (χ0v) is 13.3. The van der Waals surface area contributed by atoms with Crippen molar-refractivity contribution in [2.45, 2.75) is 37.8 Å². The average Bonchev–Trinajstić information content (AvgIpc) is 3.06. The van der Waals surface area contributed by atoms with Gasteiger partial charge in [-0.25, -0.2) is 0 Å². The largest absolute Gasteiger partial charge is 0.450 e. The number of halogens is 4. The lowest BCUT2D eigenvalue weighted by atomic mass is 10.1. The maximum Gasteiger partial charge on any atom is 0.427 e. The third-order valence-corrected chi connectivity index (χ3v) is 4.71. The molecule has 0 amide bonds. The van der Waals surface area contributed by atoms with Crippen molar-refractivity contribution in [1.29, 1.82) is 5.26 Å². The fraction of sp³-hybridized carbons (Fsp3) is 0.467. The lowest BCUT2D eigenvalue weighted by Crippen LogP contribution is -2.45. The molecule has 2 saturated heterocycles. The minimum Gasteiger partial charge on any atom is -0.450 e. The average molecular weight is 360 g/mol. The molecule has 0 aromatic heterocycles. The van der Waals surface area contributed by atoms with E-state index in [0.29, 0.717) is 11.3 Å². The van der Waals surface area contributed by atoms with Gasteiger partial charge in [0.1, 0.15) is 12.1 Å². The van der Waals surface area contributed by atoms with Crippen molar-refractivity contribution in [3.8, 4) is 6.07 Å². The maximum absolute atomic E-state index is 13.2. The molecule has 1 aromatic carbocycles. The first-order valence-corrected chi connectivity index (χ1v) is 7.58. The summed E-state index contributed by atoms with van der Waals surface area (Å²) in [5.41, 5.74) is 1.05. The van der Waals surface area contributed by atoms with Crippen LogP contribution in [0.15, 0.2) is 17.1 Å². The molecule has 1 aromatic rings. The number of nitrogens with zero attached hydrogens (tertiary/aromatic N) is 3. The van der Waals surface area contributed by atoms with E-state index in [1.165, 1.54) is 17.0 Å². The van der Waals surface area contributed by atoms with Gasteiger partial charge in [0.2, 0.25) is 6.10 Å². The van der Waals surface area contributed by atoms with Crippen LogP contribution in [0.4, 0.5) is 18.9 Å². The molecular weight excluding hydrogens is 347 g/mol. The molecule has 0 bridgehead atoms. The number of nitriles is 1. The molecule has 2 fully saturated rings. The summed E-state index contributed by atoms with van der Waals surface area (Å²) >= 11 is 6.05. The molecule has 0 aliphatic carbocycles. The topological polar surface area (TPSA) is 68.8 Å². The Hall–Kier alpha value is -1.98. The molecule has 0 spiro atoms. The van der Waals surface area contributed by atoms with Crippen LogP contribution in [0.2, 0.25) is 5.02 Å². The van der Waals surface area contributed by atoms with Crippen LogP contribution in [-0.2, 0) is 4.74 Å². The van der Waals surface area contributed by atoms with E-state index in [9.17, 15) is 18.3 Å². The summed E-state index contributed by atoms with van der Waals surface area (Å²) < 4.78 is 44.5. The van der Waals surface area contributed by atoms with Gasteiger partial charge in [-0.3, -0.25) is 0 Å². The Balaban J connectivity index is 2.00. The Bertz CT molecular complexity index is 745. The molecule has 1 N–H and O–H groups in total. The van der Waals surface area contributed by atoms with Gasteiger partial charge in [-0.15, -0.1) is 0 Å². The molecule has 128 valence electrons. The number of fused-ring (bicyclic) bond motifs is 1. The van der Waals surface area contributed by atoms with E-state index in [0.717, 1.165) is 0 Å². The highest BCUT2D eigenvalue weighted by Crippen LogP contribution is 2.39. The van der Waals surface area contributed by atoms with Gasteiger partial charge in [0.15, 0.2) is 0 Å². The van der Waals surface area contributed by atoms with Crippen molar-refractivity contribution in [2.75, 3.05) is 6.54 Å². The molecule has 2 aliphatic rings. The van der Waals surface area contributed by atoms with Gasteiger partial charge in [-0.2, -0.15) is 23.4 Å². The number of hydrogen-bond donors (Lipinski definition) is 1. The van der Waals surface area contributed by atoms with Gasteiger partial charge in [-0.1, -0.05) is 11.6 Å². The van der Waals surface area contributed by atoms with E-state index in [1.54, 1.807) is 6.92 Å². The molecular formula is C15H13ClF3N3O2. The highest BCUT2D eigenvalue weighted by atomic mass is 35.5. The van der Waals surface area contributed by atoms with E-state index in [4.69, 9.17) is 21.6 Å². The molecule has 2 aliphatic heterocycles. The Morgan fingerprint density at radius 2 is 2.17 bits per heavy atom. The Kier molecular flexibility index (Phi) is 4.10. The zero-order chi connectivity index (χ0) is 17.6. The van der Waals surface area contributed by atoms with E-state index in [2.05, 4.69) is 4.99 Å². The van der Waals surface area contributed by atoms with Crippen LogP contribution in [0.25, 0.3) is 0 Å². The van der Waals surface area contributed by atoms with Crippen molar-refractivity contribution in [1.82, 2.24) is 4.90 Å². The van der Waals surface area contributed by atoms with Crippen LogP contribution in [0.5, 0.6) is 0 Å². The molecule has 0 radical (unpaired) electrons. The van der Waals surface area contributed by atoms with Crippen LogP contribution < -0.4 is 0 Å². The predicted octanol–water partition coefficient (Wildman–Crippen LogP) is 2.90. The summed E-state index contributed by atoms with van der Waals surface area (Å²) in [5, 5.41) is 19.0. The number of benzene rings is 1. The molecule has 24 heavy (non-hydrogen) atoms. The van der Waals surface area contributed by atoms with Gasteiger partial charge >= 0.3 is 6.18 Å². The number of amidine groups is 1. The van der Waals surface area contributed by atoms with E-state index in [1.807, 2.05) is 6.07 Å². The molecule has 2 heterocycles. The van der Waals surface area contributed by atoms with Crippen LogP contribution in [0.3, 0.4) is 0 Å². The molecule has 5 nitrogen and oxygen atoms in total. The van der Waals surface area contributed by atoms with Crippen molar-refractivity contribution in [3.05, 3.63) is 28.3 Å². The molecule has 9 heteroatoms. The number of aliphatic imine (C=N–C) groups is 1. The third kappa shape index (κ3) is 2.68. The maximum atomic E-state index is 13.2. The highest BCUT2D eigenvalue weighted by molar-refractivity contribution is 6.32. The van der Waals surface area contributed by atoms with Gasteiger partial charge in [0.05, 0.1) is 22.4 Å². The summed E-state index contributed by atoms with van der Waals surface area (Å²) in [6.45, 7) is 1.84. The summed E-state index contributed by atoms with van der Waals surface area (Å²) in [5.74, 6) is 0. The molecule has 0 saturated carbocycles. The highest BCUT2D eigenvalue weighted by Gasteiger charge is 2.59. The van der Waals surface area contributed by atoms with Gasteiger partial charge in [-0.05, 0) is 31.0 Å². The second kappa shape index (κ2) is 5.83. The van der Waals surface area contributed by atoms with Crippen LogP contribution in [-0.4, -0.2) is 47.0 Å². The number of alkyl halides is 3. The standard InChI is InChI=1S/C15H13ClF3N3O2/c1-7-9(3-2-8(6-20)11(7)16)21-14-22-5-4-10(23)12(22)13(24-14)15(17,18)19/h2-3,10,12-13,23H,4-5H2,1H3. The minimum atomic E-state index is -4.61. The van der Waals surface area contributed by atoms with Crippen molar-refractivity contribution >= 4 is 23.3 Å². The van der Waals surface area contributed by atoms with Crippen molar-refractivity contribution in [3.63, 3.8) is 0 Å². The van der Waals surface area contributed by atoms with Crippen LogP contribution in [0, 0.1) is 18.3 Å². The Labute approximate surface area is 140 Å². The fourth-order valence-corrected chi connectivity index (χ4v) is 3.18. The van der Waals surface area contributed by atoms with Crippen molar-refractivity contribution in [2.24, 2.45) is 4.99 Å². The van der Waals surface area contributed by atoms with Gasteiger partial charge in [0.25, 0.3) is 6.02 Å². The predicted molar refractivity (Wildman–Crippen MR) is 80.0 cm³/mol. The molecule has 3 unspecified atom stereocenters. The fourth-order valence-electron chi connectivity index (χ4n) is 2.97. The number of hydrogen-bond acceptors (Lipinski definition) is 4. The number of rotatable bonds is 1. The summed E-state index contributed by atoms with van der Waals surface area (Å²) in [6.07, 6.45) is -7.65. The van der Waals surface area contributed by atoms with Crippen LogP contribution in [0.1, 0.15) is 17.5 Å². The van der Waals surface area contributed by atoms with Gasteiger partial charge < -0.3 is 14.7 Å². The normalized spacial score (nSPS) is 28.0. The lowest BCUT2D eigenvalue weighted by molar-refractivity contribution is -0.203. The minimum absolute atomic E-state index is 0.192. The van der Waals surface area contributed by atoms with E-state index in [-0.39, 0.29) is 29.6 Å². The Morgan fingerprint density at radius 1 is 1.46 bits per heavy atom. The van der Waals surface area contributed by atoms with Crippen molar-refractivity contribution < 1.29 is 23.0 Å². The number of aliphatic hydroxyl groups excluding tert-OH is 1. The lowest BCUT2D eigenvalue weighted by Gasteiger charge is -2.21. The van der Waals surface area contributed by atoms with E-state index >= 15 is 0 Å². The smallest absolute Gasteiger partial charge is 0.427 e. The molecule has 3 atom stereocenters.